The summed E-state index contributed by atoms with van der Waals surface area (Å²) in [6, 6.07) is 9.06. The Kier molecular flexibility index (Phi) is 5.75. The van der Waals surface area contributed by atoms with Crippen molar-refractivity contribution in [3.8, 4) is 0 Å². The molecule has 0 aromatic heterocycles. The van der Waals surface area contributed by atoms with Gasteiger partial charge in [-0.1, -0.05) is 55.8 Å². The van der Waals surface area contributed by atoms with Crippen molar-refractivity contribution in [2.45, 2.75) is 44.2 Å². The number of aliphatic hydroxyl groups is 1. The lowest BCUT2D eigenvalue weighted by Gasteiger charge is -2.40. The lowest BCUT2D eigenvalue weighted by Crippen LogP contribution is -2.49. The summed E-state index contributed by atoms with van der Waals surface area (Å²) >= 11 is 0. The van der Waals surface area contributed by atoms with Gasteiger partial charge in [-0.2, -0.15) is 0 Å². The van der Waals surface area contributed by atoms with Crippen molar-refractivity contribution in [1.29, 1.82) is 0 Å². The SMILES string of the molecule is CCC/C=C/[C@H](C(=O)O)N1CCC(O)(c2ccccc2)CC1. The van der Waals surface area contributed by atoms with Crippen LogP contribution in [0.1, 0.15) is 38.2 Å². The van der Waals surface area contributed by atoms with E-state index in [4.69, 9.17) is 0 Å². The van der Waals surface area contributed by atoms with Gasteiger partial charge in [0.2, 0.25) is 0 Å². The number of nitrogens with zero attached hydrogens (tertiary/aromatic N) is 1. The van der Waals surface area contributed by atoms with Gasteiger partial charge in [-0.15, -0.1) is 0 Å². The van der Waals surface area contributed by atoms with Crippen LogP contribution >= 0.6 is 0 Å². The minimum absolute atomic E-state index is 0.558. The number of aliphatic carboxylic acids is 1. The molecule has 0 aliphatic carbocycles. The number of likely N-dealkylation sites (tertiary alicyclic amines) is 1. The van der Waals surface area contributed by atoms with Crippen LogP contribution in [0.4, 0.5) is 0 Å². The number of hydrogen-bond acceptors (Lipinski definition) is 3. The van der Waals surface area contributed by atoms with Crippen molar-refractivity contribution in [2.24, 2.45) is 0 Å². The third-order valence-corrected chi connectivity index (χ3v) is 4.36. The molecular weight excluding hydrogens is 278 g/mol. The summed E-state index contributed by atoms with van der Waals surface area (Å²) in [5.41, 5.74) is 0.0802. The number of carbonyl (C=O) groups is 1. The summed E-state index contributed by atoms with van der Waals surface area (Å²) in [5, 5.41) is 20.2. The van der Waals surface area contributed by atoms with Crippen LogP contribution < -0.4 is 0 Å². The number of allylic oxidation sites excluding steroid dienone is 1. The van der Waals surface area contributed by atoms with E-state index >= 15 is 0 Å². The molecule has 4 heteroatoms. The molecule has 1 atom stereocenters. The van der Waals surface area contributed by atoms with Gasteiger partial charge in [-0.25, -0.2) is 0 Å². The van der Waals surface area contributed by atoms with E-state index in [1.54, 1.807) is 6.08 Å². The number of unbranched alkanes of at least 4 members (excludes halogenated alkanes) is 1. The van der Waals surface area contributed by atoms with Gasteiger partial charge in [-0.3, -0.25) is 9.69 Å². The molecule has 1 heterocycles. The summed E-state index contributed by atoms with van der Waals surface area (Å²) in [6.45, 7) is 3.23. The van der Waals surface area contributed by atoms with Crippen molar-refractivity contribution in [3.05, 3.63) is 48.0 Å². The first-order valence-electron chi connectivity index (χ1n) is 7.98. The fourth-order valence-corrected chi connectivity index (χ4v) is 2.96. The van der Waals surface area contributed by atoms with Gasteiger partial charge in [0.05, 0.1) is 5.60 Å². The maximum absolute atomic E-state index is 11.5. The average molecular weight is 303 g/mol. The highest BCUT2D eigenvalue weighted by atomic mass is 16.4. The van der Waals surface area contributed by atoms with Crippen LogP contribution in [0.3, 0.4) is 0 Å². The number of carboxylic acids is 1. The first-order valence-corrected chi connectivity index (χ1v) is 7.98. The summed E-state index contributed by atoms with van der Waals surface area (Å²) in [7, 11) is 0. The molecule has 2 N–H and O–H groups in total. The second-order valence-electron chi connectivity index (χ2n) is 5.93. The van der Waals surface area contributed by atoms with Gasteiger partial charge in [0, 0.05) is 13.1 Å². The van der Waals surface area contributed by atoms with E-state index in [-0.39, 0.29) is 0 Å². The number of carboxylic acid groups (broad SMARTS) is 1. The zero-order chi connectivity index (χ0) is 16.0. The minimum Gasteiger partial charge on any atom is -0.480 e. The van der Waals surface area contributed by atoms with Crippen LogP contribution in [0.25, 0.3) is 0 Å². The summed E-state index contributed by atoms with van der Waals surface area (Å²) in [6.07, 6.45) is 6.74. The Balaban J connectivity index is 2.02. The standard InChI is InChI=1S/C18H25NO3/c1-2-3-5-10-16(17(20)21)19-13-11-18(22,12-14-19)15-8-6-4-7-9-15/h4-10,16,22H,2-3,11-14H2,1H3,(H,20,21)/b10-5+/t16-/m1/s1. The second-order valence-corrected chi connectivity index (χ2v) is 5.93. The Morgan fingerprint density at radius 1 is 1.32 bits per heavy atom. The van der Waals surface area contributed by atoms with Gasteiger partial charge in [-0.05, 0) is 24.8 Å². The van der Waals surface area contributed by atoms with Gasteiger partial charge in [0.1, 0.15) is 6.04 Å². The number of piperidine rings is 1. The van der Waals surface area contributed by atoms with Crippen molar-refractivity contribution >= 4 is 5.97 Å². The highest BCUT2D eigenvalue weighted by Gasteiger charge is 2.36. The lowest BCUT2D eigenvalue weighted by atomic mass is 9.84. The average Bonchev–Trinajstić information content (AvgIpc) is 2.53. The molecule has 120 valence electrons. The molecule has 1 aromatic carbocycles. The smallest absolute Gasteiger partial charge is 0.324 e. The monoisotopic (exact) mass is 303 g/mol. The molecule has 0 bridgehead atoms. The third kappa shape index (κ3) is 3.96. The first-order chi connectivity index (χ1) is 10.6. The van der Waals surface area contributed by atoms with Gasteiger partial charge in [0.25, 0.3) is 0 Å². The Morgan fingerprint density at radius 2 is 1.95 bits per heavy atom. The molecule has 0 unspecified atom stereocenters. The van der Waals surface area contributed by atoms with Gasteiger partial charge >= 0.3 is 5.97 Å². The fraction of sp³-hybridized carbons (Fsp3) is 0.500. The van der Waals surface area contributed by atoms with E-state index in [2.05, 4.69) is 6.92 Å². The van der Waals surface area contributed by atoms with Gasteiger partial charge < -0.3 is 10.2 Å². The molecule has 4 nitrogen and oxygen atoms in total. The van der Waals surface area contributed by atoms with E-state index in [9.17, 15) is 15.0 Å². The maximum atomic E-state index is 11.5. The van der Waals surface area contributed by atoms with Crippen LogP contribution in [0.15, 0.2) is 42.5 Å². The number of rotatable bonds is 6. The van der Waals surface area contributed by atoms with Crippen LogP contribution in [0.5, 0.6) is 0 Å². The Morgan fingerprint density at radius 3 is 2.50 bits per heavy atom. The molecule has 0 amide bonds. The maximum Gasteiger partial charge on any atom is 0.324 e. The molecular formula is C18H25NO3. The third-order valence-electron chi connectivity index (χ3n) is 4.36. The Labute approximate surface area is 132 Å². The lowest BCUT2D eigenvalue weighted by molar-refractivity contribution is -0.143. The predicted octanol–water partition coefficient (Wildman–Crippen LogP) is 2.78. The summed E-state index contributed by atoms with van der Waals surface area (Å²) in [4.78, 5) is 13.4. The minimum atomic E-state index is -0.839. The zero-order valence-corrected chi connectivity index (χ0v) is 13.1. The van der Waals surface area contributed by atoms with Gasteiger partial charge in [0.15, 0.2) is 0 Å². The summed E-state index contributed by atoms with van der Waals surface area (Å²) < 4.78 is 0. The molecule has 0 saturated carbocycles. The van der Waals surface area contributed by atoms with E-state index in [1.807, 2.05) is 41.3 Å². The molecule has 1 fully saturated rings. The second kappa shape index (κ2) is 7.56. The van der Waals surface area contributed by atoms with E-state index in [0.29, 0.717) is 25.9 Å². The van der Waals surface area contributed by atoms with Crippen molar-refractivity contribution in [1.82, 2.24) is 4.90 Å². The molecule has 0 radical (unpaired) electrons. The van der Waals surface area contributed by atoms with Crippen LogP contribution in [0.2, 0.25) is 0 Å². The molecule has 22 heavy (non-hydrogen) atoms. The fourth-order valence-electron chi connectivity index (χ4n) is 2.96. The zero-order valence-electron chi connectivity index (χ0n) is 13.1. The highest BCUT2D eigenvalue weighted by molar-refractivity contribution is 5.75. The Hall–Kier alpha value is -1.65. The van der Waals surface area contributed by atoms with Crippen LogP contribution in [-0.2, 0) is 10.4 Å². The molecule has 1 aliphatic rings. The molecule has 1 aromatic rings. The van der Waals surface area contributed by atoms with Crippen LogP contribution in [-0.4, -0.2) is 40.2 Å². The quantitative estimate of drug-likeness (QED) is 0.793. The van der Waals surface area contributed by atoms with E-state index < -0.39 is 17.6 Å². The highest BCUT2D eigenvalue weighted by Crippen LogP contribution is 2.33. The molecule has 1 saturated heterocycles. The molecule has 1 aliphatic heterocycles. The normalized spacial score (nSPS) is 20.1. The Bertz CT molecular complexity index is 504. The topological polar surface area (TPSA) is 60.8 Å². The van der Waals surface area contributed by atoms with E-state index in [0.717, 1.165) is 18.4 Å². The largest absolute Gasteiger partial charge is 0.480 e. The summed E-state index contributed by atoms with van der Waals surface area (Å²) in [5.74, 6) is -0.822. The first kappa shape index (κ1) is 16.7. The van der Waals surface area contributed by atoms with Crippen molar-refractivity contribution < 1.29 is 15.0 Å². The van der Waals surface area contributed by atoms with Crippen LogP contribution in [0, 0.1) is 0 Å². The van der Waals surface area contributed by atoms with Crippen molar-refractivity contribution in [3.63, 3.8) is 0 Å². The van der Waals surface area contributed by atoms with Crippen molar-refractivity contribution in [2.75, 3.05) is 13.1 Å². The predicted molar refractivity (Wildman–Crippen MR) is 86.6 cm³/mol. The number of hydrogen-bond donors (Lipinski definition) is 2. The molecule has 0 spiro atoms. The number of benzene rings is 1. The van der Waals surface area contributed by atoms with E-state index in [1.165, 1.54) is 0 Å². The molecule has 2 rings (SSSR count).